The number of hydrogen-bond donors (Lipinski definition) is 0. The molecule has 10 aromatic rings. The Morgan fingerprint density at radius 2 is 1.05 bits per heavy atom. The zero-order valence-corrected chi connectivity index (χ0v) is 47.8. The molecule has 0 fully saturated rings. The van der Waals surface area contributed by atoms with E-state index in [1.54, 1.807) is 0 Å². The van der Waals surface area contributed by atoms with E-state index in [-0.39, 0.29) is 78.0 Å². The summed E-state index contributed by atoms with van der Waals surface area (Å²) in [6, 6.07) is 61.5. The molecule has 380 valence electrons. The van der Waals surface area contributed by atoms with Crippen LogP contribution in [0.2, 0.25) is 0 Å². The molecule has 0 unspecified atom stereocenters. The number of nitrogens with zero attached hydrogens (tertiary/aromatic N) is 4. The first-order valence-corrected chi connectivity index (χ1v) is 26.0. The smallest absolute Gasteiger partial charge is 0.509 e. The summed E-state index contributed by atoms with van der Waals surface area (Å²) < 4.78 is 51.6. The average Bonchev–Trinajstić information content (AvgIpc) is 4.07. The maximum Gasteiger partial charge on any atom is 2.00 e. The van der Waals surface area contributed by atoms with E-state index < -0.39 is 0 Å². The van der Waals surface area contributed by atoms with Crippen molar-refractivity contribution in [2.75, 3.05) is 0 Å². The Hall–Kier alpha value is -7.42. The number of benzene rings is 8. The topological polar surface area (TPSA) is 33.1 Å². The molecule has 0 radical (unpaired) electrons. The molecule has 0 aliphatic carbocycles. The molecule has 3 heterocycles. The van der Waals surface area contributed by atoms with Gasteiger partial charge in [-0.1, -0.05) is 214 Å². The van der Waals surface area contributed by atoms with Gasteiger partial charge in [0.2, 0.25) is 5.69 Å². The first-order valence-electron chi connectivity index (χ1n) is 28.0. The van der Waals surface area contributed by atoms with Crippen molar-refractivity contribution in [1.29, 1.82) is 0 Å². The normalized spacial score (nSPS) is 13.6. The molecule has 11 rings (SSSR count). The summed E-state index contributed by atoms with van der Waals surface area (Å²) in [5, 5.41) is 2.13. The van der Waals surface area contributed by atoms with Gasteiger partial charge in [-0.15, -0.1) is 23.6 Å². The second-order valence-corrected chi connectivity index (χ2v) is 23.9. The predicted molar refractivity (Wildman–Crippen MR) is 315 cm³/mol. The molecule has 6 heteroatoms. The second-order valence-electron chi connectivity index (χ2n) is 23.9. The molecule has 76 heavy (non-hydrogen) atoms. The van der Waals surface area contributed by atoms with Crippen LogP contribution in [0.15, 0.2) is 182 Å². The number of rotatable bonds is 8. The Bertz CT molecular complexity index is 4100. The van der Waals surface area contributed by atoms with E-state index in [4.69, 9.17) is 9.72 Å². The van der Waals surface area contributed by atoms with Crippen LogP contribution in [0.25, 0.3) is 61.0 Å². The van der Waals surface area contributed by atoms with Gasteiger partial charge in [-0.3, -0.25) is 0 Å². The van der Waals surface area contributed by atoms with Gasteiger partial charge < -0.3 is 9.30 Å². The number of aromatic nitrogens is 2. The van der Waals surface area contributed by atoms with Crippen LogP contribution in [0.3, 0.4) is 0 Å². The number of fused-ring (bicyclic) bond motifs is 4. The number of ether oxygens (including phenoxy) is 1. The van der Waals surface area contributed by atoms with Crippen molar-refractivity contribution < 1.29 is 31.3 Å². The summed E-state index contributed by atoms with van der Waals surface area (Å²) in [6.07, 6.45) is 1.96. The van der Waals surface area contributed by atoms with E-state index in [0.717, 1.165) is 61.3 Å². The maximum absolute atomic E-state index is 9.80. The summed E-state index contributed by atoms with van der Waals surface area (Å²) in [6.45, 7) is 26.4. The second kappa shape index (κ2) is 19.6. The molecule has 5 nitrogen and oxygen atoms in total. The molecular formula is C70H66N4OPt+2. The van der Waals surface area contributed by atoms with Crippen molar-refractivity contribution >= 4 is 50.6 Å². The van der Waals surface area contributed by atoms with E-state index in [2.05, 4.69) is 166 Å². The fraction of sp³-hybridized carbons (Fsp3) is 0.229. The standard InChI is InChI=1S/C70H66N4O.Pt/c1-67(2,3)50-33-31-47(32-34-50)46-27-29-48(30-28-46)57-22-18-23-58(49-39-52(69(7,8)9)41-53(40-49)70(10,11)12)66(57)73-45-72(62-25-15-16-26-63(62)73)54-19-17-20-55(42-54)75-56-36-37-60-59-21-13-14-24-61(59)74(64(60)43-56)65-38-35-51(44-71-65)68(4,5)6;/h13-41,44H,1-12H3;/q;+2/i27D,28D,29D,30D;. The zero-order chi connectivity index (χ0) is 56.1. The van der Waals surface area contributed by atoms with Crippen LogP contribution >= 0.6 is 0 Å². The summed E-state index contributed by atoms with van der Waals surface area (Å²) >= 11 is 0. The largest absolute Gasteiger partial charge is 2.00 e. The van der Waals surface area contributed by atoms with E-state index in [9.17, 15) is 5.48 Å². The maximum atomic E-state index is 9.80. The number of pyridine rings is 1. The molecule has 2 aromatic heterocycles. The van der Waals surface area contributed by atoms with E-state index in [0.29, 0.717) is 34.0 Å². The van der Waals surface area contributed by atoms with Crippen molar-refractivity contribution in [3.63, 3.8) is 0 Å². The SMILES string of the molecule is [2H]c1c([2H])c(-c2cccc(-c3cc(C(C)(C)C)cc(C(C)(C)C)c3)c2[N+]2=C=[N+](c3[c-]c(Oc4[c-]c5c(cc4)c4ccccc4n5-c4ccc(C(C)(C)C)cn4)ccc3)c3ccccc32)c([2H])c([2H])c1-c1ccc(C(C)(C)C)cc1.[Pt+2]. The fourth-order valence-corrected chi connectivity index (χ4v) is 9.88. The molecule has 0 spiro atoms. The Morgan fingerprint density at radius 1 is 0.487 bits per heavy atom. The monoisotopic (exact) mass is 1180 g/mol. The Balaban J connectivity index is 0.00000720. The van der Waals surface area contributed by atoms with Gasteiger partial charge in [-0.05, 0) is 100 Å². The van der Waals surface area contributed by atoms with Crippen molar-refractivity contribution in [3.8, 4) is 50.7 Å². The third kappa shape index (κ3) is 9.96. The molecule has 0 saturated carbocycles. The summed E-state index contributed by atoms with van der Waals surface area (Å²) in [4.78, 5) is 4.96. The van der Waals surface area contributed by atoms with Crippen LogP contribution in [0.1, 0.15) is 111 Å². The molecular weight excluding hydrogens is 1110 g/mol. The van der Waals surface area contributed by atoms with Crippen LogP contribution in [0.5, 0.6) is 11.5 Å². The fourth-order valence-electron chi connectivity index (χ4n) is 9.88. The predicted octanol–water partition coefficient (Wildman–Crippen LogP) is 18.6. The van der Waals surface area contributed by atoms with Crippen LogP contribution in [-0.2, 0) is 42.7 Å². The first-order chi connectivity index (χ1) is 37.4. The van der Waals surface area contributed by atoms with Gasteiger partial charge in [0.15, 0.2) is 0 Å². The minimum absolute atomic E-state index is 0. The summed E-state index contributed by atoms with van der Waals surface area (Å²) in [7, 11) is 0. The van der Waals surface area contributed by atoms with Crippen molar-refractivity contribution in [3.05, 3.63) is 216 Å². The molecule has 0 N–H and O–H groups in total. The van der Waals surface area contributed by atoms with Gasteiger partial charge in [-0.2, -0.15) is 12.1 Å². The number of hydrogen-bond acceptors (Lipinski definition) is 2. The molecule has 1 aliphatic heterocycles. The van der Waals surface area contributed by atoms with Gasteiger partial charge in [0.05, 0.1) is 16.6 Å². The van der Waals surface area contributed by atoms with E-state index >= 15 is 0 Å². The van der Waals surface area contributed by atoms with Gasteiger partial charge in [-0.25, -0.2) is 4.98 Å². The molecule has 8 aromatic carbocycles. The van der Waals surface area contributed by atoms with Gasteiger partial charge in [0.1, 0.15) is 11.5 Å². The molecule has 0 amide bonds. The van der Waals surface area contributed by atoms with Crippen LogP contribution in [0.4, 0.5) is 22.7 Å². The average molecular weight is 1180 g/mol. The first kappa shape index (κ1) is 47.1. The van der Waals surface area contributed by atoms with Crippen molar-refractivity contribution in [1.82, 2.24) is 18.7 Å². The van der Waals surface area contributed by atoms with Gasteiger partial charge in [0, 0.05) is 35.3 Å². The Labute approximate surface area is 469 Å². The van der Waals surface area contributed by atoms with Crippen LogP contribution in [-0.4, -0.2) is 15.6 Å². The zero-order valence-electron chi connectivity index (χ0n) is 49.5. The molecule has 1 aliphatic rings. The minimum Gasteiger partial charge on any atom is -0.509 e. The van der Waals surface area contributed by atoms with Crippen LogP contribution in [0, 0.1) is 12.1 Å². The van der Waals surface area contributed by atoms with Gasteiger partial charge in [0.25, 0.3) is 11.4 Å². The minimum atomic E-state index is -0.187. The number of para-hydroxylation sites is 4. The van der Waals surface area contributed by atoms with E-state index in [1.807, 2.05) is 106 Å². The Kier molecular flexibility index (Phi) is 12.1. The summed E-state index contributed by atoms with van der Waals surface area (Å²) in [5.41, 5.74) is 12.4. The third-order valence-electron chi connectivity index (χ3n) is 14.3. The van der Waals surface area contributed by atoms with E-state index in [1.165, 1.54) is 11.1 Å². The van der Waals surface area contributed by atoms with Crippen molar-refractivity contribution in [2.45, 2.75) is 105 Å². The summed E-state index contributed by atoms with van der Waals surface area (Å²) in [5.74, 6) is 1.79. The van der Waals surface area contributed by atoms with Crippen molar-refractivity contribution in [2.24, 2.45) is 0 Å². The molecule has 0 saturated heterocycles. The van der Waals surface area contributed by atoms with Crippen LogP contribution < -0.4 is 13.9 Å². The third-order valence-corrected chi connectivity index (χ3v) is 14.3. The Morgan fingerprint density at radius 3 is 1.68 bits per heavy atom. The van der Waals surface area contributed by atoms with Gasteiger partial charge >= 0.3 is 27.1 Å². The molecule has 0 bridgehead atoms. The molecule has 0 atom stereocenters. The quantitative estimate of drug-likeness (QED) is 0.112.